The fourth-order valence-corrected chi connectivity index (χ4v) is 2.46. The van der Waals surface area contributed by atoms with Crippen LogP contribution in [0.15, 0.2) is 0 Å². The molecule has 0 aromatic carbocycles. The zero-order chi connectivity index (χ0) is 16.0. The Balaban J connectivity index is 2.64. The summed E-state index contributed by atoms with van der Waals surface area (Å²) < 4.78 is 4.92. The van der Waals surface area contributed by atoms with Gasteiger partial charge in [0.1, 0.15) is 5.54 Å². The Morgan fingerprint density at radius 2 is 2.19 bits per heavy atom. The van der Waals surface area contributed by atoms with Crippen LogP contribution in [0, 0.1) is 5.92 Å². The number of likely N-dealkylation sites (tertiary alicyclic amines) is 1. The molecule has 0 aromatic rings. The van der Waals surface area contributed by atoms with Gasteiger partial charge in [-0.3, -0.25) is 9.59 Å². The molecule has 1 aliphatic rings. The van der Waals surface area contributed by atoms with E-state index in [2.05, 4.69) is 5.32 Å². The van der Waals surface area contributed by atoms with Gasteiger partial charge in [-0.1, -0.05) is 13.3 Å². The van der Waals surface area contributed by atoms with Gasteiger partial charge in [-0.2, -0.15) is 0 Å². The van der Waals surface area contributed by atoms with Crippen molar-refractivity contribution in [3.05, 3.63) is 0 Å². The molecule has 2 amide bonds. The Morgan fingerprint density at radius 1 is 1.52 bits per heavy atom. The Morgan fingerprint density at radius 3 is 2.71 bits per heavy atom. The highest BCUT2D eigenvalue weighted by atomic mass is 16.5. The van der Waals surface area contributed by atoms with Crippen LogP contribution in [0.1, 0.15) is 33.1 Å². The number of rotatable bonds is 8. The van der Waals surface area contributed by atoms with Crippen LogP contribution >= 0.6 is 0 Å². The fourth-order valence-electron chi connectivity index (χ4n) is 2.46. The lowest BCUT2D eigenvalue weighted by Gasteiger charge is -2.27. The summed E-state index contributed by atoms with van der Waals surface area (Å²) in [6.45, 7) is 4.54. The van der Waals surface area contributed by atoms with E-state index >= 15 is 0 Å². The molecule has 1 aliphatic heterocycles. The molecule has 1 heterocycles. The average Bonchev–Trinajstić information content (AvgIpc) is 2.78. The first-order chi connectivity index (χ1) is 9.84. The van der Waals surface area contributed by atoms with Gasteiger partial charge in [-0.15, -0.1) is 0 Å². The molecule has 0 aromatic heterocycles. The second kappa shape index (κ2) is 7.40. The zero-order valence-corrected chi connectivity index (χ0v) is 12.8. The standard InChI is InChI=1S/C14H24N2O5/c1-4-5-14(2,13(19)20)15-12(18)10-8-11(17)16(9-10)6-7-21-3/h10H,4-9H2,1-3H3,(H,15,18)(H,19,20). The van der Waals surface area contributed by atoms with Gasteiger partial charge in [-0.25, -0.2) is 4.79 Å². The highest BCUT2D eigenvalue weighted by Crippen LogP contribution is 2.20. The summed E-state index contributed by atoms with van der Waals surface area (Å²) in [6.07, 6.45) is 1.12. The van der Waals surface area contributed by atoms with Crippen molar-refractivity contribution in [2.75, 3.05) is 26.8 Å². The summed E-state index contributed by atoms with van der Waals surface area (Å²) in [5, 5.41) is 11.9. The molecule has 0 spiro atoms. The first-order valence-electron chi connectivity index (χ1n) is 7.16. The summed E-state index contributed by atoms with van der Waals surface area (Å²) in [7, 11) is 1.55. The van der Waals surface area contributed by atoms with E-state index in [1.165, 1.54) is 6.92 Å². The molecule has 7 nitrogen and oxygen atoms in total. The molecule has 2 atom stereocenters. The molecule has 0 bridgehead atoms. The minimum atomic E-state index is -1.28. The van der Waals surface area contributed by atoms with E-state index < -0.39 is 17.4 Å². The lowest BCUT2D eigenvalue weighted by molar-refractivity contribution is -0.147. The van der Waals surface area contributed by atoms with E-state index in [-0.39, 0.29) is 18.2 Å². The van der Waals surface area contributed by atoms with Gasteiger partial charge in [-0.05, 0) is 13.3 Å². The zero-order valence-electron chi connectivity index (χ0n) is 12.8. The van der Waals surface area contributed by atoms with E-state index in [1.807, 2.05) is 6.92 Å². The number of carbonyl (C=O) groups is 3. The third-order valence-corrected chi connectivity index (χ3v) is 3.77. The van der Waals surface area contributed by atoms with Crippen LogP contribution in [0.2, 0.25) is 0 Å². The van der Waals surface area contributed by atoms with Gasteiger partial charge in [0.05, 0.1) is 12.5 Å². The van der Waals surface area contributed by atoms with Crippen LogP contribution in [-0.4, -0.2) is 60.1 Å². The van der Waals surface area contributed by atoms with E-state index in [0.29, 0.717) is 32.5 Å². The largest absolute Gasteiger partial charge is 0.480 e. The average molecular weight is 300 g/mol. The maximum atomic E-state index is 12.2. The van der Waals surface area contributed by atoms with Crippen LogP contribution < -0.4 is 5.32 Å². The number of methoxy groups -OCH3 is 1. The molecule has 7 heteroatoms. The molecule has 21 heavy (non-hydrogen) atoms. The molecule has 1 rings (SSSR count). The SMILES string of the molecule is CCCC(C)(NC(=O)C1CC(=O)N(CCOC)C1)C(=O)O. The van der Waals surface area contributed by atoms with Gasteiger partial charge >= 0.3 is 5.97 Å². The van der Waals surface area contributed by atoms with Crippen LogP contribution in [0.25, 0.3) is 0 Å². The normalized spacial score (nSPS) is 21.2. The van der Waals surface area contributed by atoms with Gasteiger partial charge in [0.2, 0.25) is 11.8 Å². The number of nitrogens with one attached hydrogen (secondary N) is 1. The minimum absolute atomic E-state index is 0.0975. The number of nitrogens with zero attached hydrogens (tertiary/aromatic N) is 1. The van der Waals surface area contributed by atoms with E-state index in [0.717, 1.165) is 0 Å². The second-order valence-corrected chi connectivity index (χ2v) is 5.61. The van der Waals surface area contributed by atoms with Crippen molar-refractivity contribution in [3.8, 4) is 0 Å². The van der Waals surface area contributed by atoms with E-state index in [4.69, 9.17) is 4.74 Å². The van der Waals surface area contributed by atoms with Crippen molar-refractivity contribution in [2.24, 2.45) is 5.92 Å². The fraction of sp³-hybridized carbons (Fsp3) is 0.786. The van der Waals surface area contributed by atoms with Crippen LogP contribution in [0.5, 0.6) is 0 Å². The third-order valence-electron chi connectivity index (χ3n) is 3.77. The highest BCUT2D eigenvalue weighted by molar-refractivity contribution is 5.92. The second-order valence-electron chi connectivity index (χ2n) is 5.61. The summed E-state index contributed by atoms with van der Waals surface area (Å²) >= 11 is 0. The van der Waals surface area contributed by atoms with Crippen molar-refractivity contribution in [2.45, 2.75) is 38.6 Å². The molecule has 120 valence electrons. The Bertz CT molecular complexity index is 412. The van der Waals surface area contributed by atoms with Crippen molar-refractivity contribution in [1.82, 2.24) is 10.2 Å². The number of ether oxygens (including phenoxy) is 1. The third kappa shape index (κ3) is 4.42. The summed E-state index contributed by atoms with van der Waals surface area (Å²) in [5.41, 5.74) is -1.28. The summed E-state index contributed by atoms with van der Waals surface area (Å²) in [5.74, 6) is -2.02. The van der Waals surface area contributed by atoms with Gasteiger partial charge in [0.15, 0.2) is 0 Å². The van der Waals surface area contributed by atoms with Gasteiger partial charge in [0, 0.05) is 26.6 Å². The Kier molecular flexibility index (Phi) is 6.14. The molecular formula is C14H24N2O5. The van der Waals surface area contributed by atoms with Crippen molar-refractivity contribution < 1.29 is 24.2 Å². The number of hydrogen-bond acceptors (Lipinski definition) is 4. The van der Waals surface area contributed by atoms with Gasteiger partial charge < -0.3 is 20.1 Å². The maximum absolute atomic E-state index is 12.2. The van der Waals surface area contributed by atoms with E-state index in [9.17, 15) is 19.5 Å². The number of aliphatic carboxylic acids is 1. The monoisotopic (exact) mass is 300 g/mol. The highest BCUT2D eigenvalue weighted by Gasteiger charge is 2.39. The number of hydrogen-bond donors (Lipinski definition) is 2. The lowest BCUT2D eigenvalue weighted by atomic mass is 9.95. The predicted molar refractivity (Wildman–Crippen MR) is 75.7 cm³/mol. The quantitative estimate of drug-likeness (QED) is 0.669. The summed E-state index contributed by atoms with van der Waals surface area (Å²) in [6, 6.07) is 0. The van der Waals surface area contributed by atoms with Gasteiger partial charge in [0.25, 0.3) is 0 Å². The number of amides is 2. The molecule has 0 aliphatic carbocycles. The number of carboxylic acid groups (broad SMARTS) is 1. The Hall–Kier alpha value is -1.63. The van der Waals surface area contributed by atoms with Crippen molar-refractivity contribution >= 4 is 17.8 Å². The predicted octanol–water partition coefficient (Wildman–Crippen LogP) is 0.241. The maximum Gasteiger partial charge on any atom is 0.329 e. The number of carbonyl (C=O) groups excluding carboxylic acids is 2. The van der Waals surface area contributed by atoms with Crippen molar-refractivity contribution in [3.63, 3.8) is 0 Å². The smallest absolute Gasteiger partial charge is 0.329 e. The molecule has 1 saturated heterocycles. The minimum Gasteiger partial charge on any atom is -0.480 e. The lowest BCUT2D eigenvalue weighted by Crippen LogP contribution is -2.54. The van der Waals surface area contributed by atoms with Crippen LogP contribution in [-0.2, 0) is 19.1 Å². The Labute approximate surface area is 124 Å². The number of carboxylic acids is 1. The first kappa shape index (κ1) is 17.4. The molecule has 2 unspecified atom stereocenters. The molecule has 0 radical (unpaired) electrons. The molecule has 1 fully saturated rings. The topological polar surface area (TPSA) is 95.9 Å². The van der Waals surface area contributed by atoms with Crippen molar-refractivity contribution in [1.29, 1.82) is 0 Å². The van der Waals surface area contributed by atoms with Crippen LogP contribution in [0.3, 0.4) is 0 Å². The molecular weight excluding hydrogens is 276 g/mol. The van der Waals surface area contributed by atoms with E-state index in [1.54, 1.807) is 12.0 Å². The first-order valence-corrected chi connectivity index (χ1v) is 7.16. The summed E-state index contributed by atoms with van der Waals surface area (Å²) in [4.78, 5) is 36.9. The van der Waals surface area contributed by atoms with Crippen LogP contribution in [0.4, 0.5) is 0 Å². The molecule has 0 saturated carbocycles. The molecule has 2 N–H and O–H groups in total.